The summed E-state index contributed by atoms with van der Waals surface area (Å²) < 4.78 is 9.67. The highest BCUT2D eigenvalue weighted by Gasteiger charge is 2.70. The normalized spacial score (nSPS) is 21.4. The van der Waals surface area contributed by atoms with E-state index in [4.69, 9.17) is 4.42 Å². The molecule has 0 saturated carbocycles. The van der Waals surface area contributed by atoms with E-state index in [1.54, 1.807) is 0 Å². The molecule has 0 saturated heterocycles. The van der Waals surface area contributed by atoms with Crippen molar-refractivity contribution >= 4 is 70.8 Å². The van der Waals surface area contributed by atoms with E-state index in [0.717, 1.165) is 55.0 Å². The first kappa shape index (κ1) is 31.7. The van der Waals surface area contributed by atoms with Gasteiger partial charge in [0.25, 0.3) is 0 Å². The largest absolute Gasteiger partial charge is 0.455 e. The highest BCUT2D eigenvalue weighted by Crippen LogP contribution is 2.78. The van der Waals surface area contributed by atoms with E-state index in [9.17, 15) is 10.5 Å². The molecule has 9 aromatic carbocycles. The van der Waals surface area contributed by atoms with Crippen molar-refractivity contribution in [2.45, 2.75) is 29.1 Å². The zero-order chi connectivity index (χ0) is 40.8. The van der Waals surface area contributed by atoms with Crippen molar-refractivity contribution < 1.29 is 4.42 Å². The quantitative estimate of drug-likeness (QED) is 0.154. The maximum absolute atomic E-state index is 11.3. The average Bonchev–Trinajstić information content (AvgIpc) is 4.03. The molecule has 6 aliphatic carbocycles. The lowest BCUT2D eigenvalue weighted by Gasteiger charge is -2.58. The van der Waals surface area contributed by atoms with Gasteiger partial charge in [-0.15, -0.1) is 0 Å². The van der Waals surface area contributed by atoms with Crippen LogP contribution in [0.1, 0.15) is 102 Å². The standard InChI is InChI=1S/C59H29N3O/c60-26-29-23-42-50(52-45(29)48-32-13-3-5-15-34(32)49(52)35-16-6-4-14-33(35)48)38-25-39-47-31-12-2-1-11-28(31)21-22-44(47)63-58(39)54-51-43(62(42)57(38)54)24-30(27-61)46-53(51)56-37-18-8-10-20-41(37)59(56)40-19-9-7-17-36(40)55(46)59/h1-25,48-49,55-56H. The summed E-state index contributed by atoms with van der Waals surface area (Å²) in [4.78, 5) is 0. The molecule has 1 spiro atoms. The molecule has 0 radical (unpaired) electrons. The summed E-state index contributed by atoms with van der Waals surface area (Å²) in [5.74, 6) is 0.0838. The minimum absolute atomic E-state index is 0.0395. The van der Waals surface area contributed by atoms with Crippen LogP contribution < -0.4 is 0 Å². The highest BCUT2D eigenvalue weighted by molar-refractivity contribution is 6.36. The third-order valence-corrected chi connectivity index (χ3v) is 16.6. The monoisotopic (exact) mass is 795 g/mol. The number of furan rings is 1. The first-order valence-electron chi connectivity index (χ1n) is 22.0. The minimum Gasteiger partial charge on any atom is -0.455 e. The SMILES string of the molecule is N#Cc1cc2c(c3c1C1c4ccccc4C3c3ccccc31)c1cc3c(oc4ccc5ccccc5c43)c3c4c5c(c(C#N)cc4n2c13)C1c2ccccc2C12c1ccccc1C52. The Morgan fingerprint density at radius 1 is 0.460 bits per heavy atom. The smallest absolute Gasteiger partial charge is 0.145 e. The van der Waals surface area contributed by atoms with Gasteiger partial charge in [0.1, 0.15) is 11.2 Å². The maximum Gasteiger partial charge on any atom is 0.145 e. The molecule has 0 N–H and O–H groups in total. The van der Waals surface area contributed by atoms with Gasteiger partial charge in [0, 0.05) is 56.0 Å². The maximum atomic E-state index is 11.3. The Hall–Kier alpha value is -8.18. The predicted octanol–water partition coefficient (Wildman–Crippen LogP) is 13.5. The molecular formula is C59H29N3O. The first-order chi connectivity index (χ1) is 31.2. The summed E-state index contributed by atoms with van der Waals surface area (Å²) in [5.41, 5.74) is 21.6. The number of fused-ring (bicyclic) bond motifs is 20. The topological polar surface area (TPSA) is 65.1 Å². The molecule has 12 aromatic rings. The summed E-state index contributed by atoms with van der Waals surface area (Å²) in [7, 11) is 0. The second-order valence-corrected chi connectivity index (χ2v) is 18.7. The first-order valence-corrected chi connectivity index (χ1v) is 22.0. The van der Waals surface area contributed by atoms with Crippen LogP contribution >= 0.6 is 0 Å². The van der Waals surface area contributed by atoms with Crippen LogP contribution in [0.2, 0.25) is 0 Å². The molecular weight excluding hydrogens is 767 g/mol. The fourth-order valence-corrected chi connectivity index (χ4v) is 14.7. The molecule has 0 fully saturated rings. The molecule has 0 aliphatic heterocycles. The summed E-state index contributed by atoms with van der Waals surface area (Å²) in [5, 5.41) is 31.8. The molecule has 4 heteroatoms. The van der Waals surface area contributed by atoms with Crippen molar-refractivity contribution in [1.29, 1.82) is 10.5 Å². The number of rotatable bonds is 0. The second kappa shape index (κ2) is 10.1. The molecule has 6 aliphatic rings. The van der Waals surface area contributed by atoms with Gasteiger partial charge in [0.05, 0.1) is 45.2 Å². The van der Waals surface area contributed by atoms with Crippen molar-refractivity contribution in [3.63, 3.8) is 0 Å². The van der Waals surface area contributed by atoms with Crippen molar-refractivity contribution in [3.8, 4) is 12.1 Å². The molecule has 63 heavy (non-hydrogen) atoms. The molecule has 0 amide bonds. The van der Waals surface area contributed by atoms with Gasteiger partial charge < -0.3 is 8.82 Å². The molecule has 4 nitrogen and oxygen atoms in total. The van der Waals surface area contributed by atoms with E-state index >= 15 is 0 Å². The van der Waals surface area contributed by atoms with E-state index in [-0.39, 0.29) is 29.1 Å². The van der Waals surface area contributed by atoms with E-state index in [2.05, 4.69) is 168 Å². The Morgan fingerprint density at radius 2 is 1.02 bits per heavy atom. The number of hydrogen-bond acceptors (Lipinski definition) is 3. The van der Waals surface area contributed by atoms with Crippen LogP contribution in [-0.2, 0) is 5.41 Å². The lowest BCUT2D eigenvalue weighted by Crippen LogP contribution is -2.52. The summed E-state index contributed by atoms with van der Waals surface area (Å²) in [6, 6.07) is 60.9. The minimum atomic E-state index is -0.222. The molecule has 18 rings (SSSR count). The van der Waals surface area contributed by atoms with Crippen LogP contribution in [-0.4, -0.2) is 4.40 Å². The highest BCUT2D eigenvalue weighted by atomic mass is 16.3. The molecule has 3 heterocycles. The van der Waals surface area contributed by atoms with Crippen LogP contribution in [0.25, 0.3) is 70.8 Å². The Kier molecular flexibility index (Phi) is 5.08. The van der Waals surface area contributed by atoms with Gasteiger partial charge in [0.15, 0.2) is 0 Å². The van der Waals surface area contributed by atoms with Crippen LogP contribution in [0.15, 0.2) is 156 Å². The van der Waals surface area contributed by atoms with E-state index in [0.29, 0.717) is 5.56 Å². The number of hydrogen-bond donors (Lipinski definition) is 0. The summed E-state index contributed by atoms with van der Waals surface area (Å²) >= 11 is 0. The molecule has 3 unspecified atom stereocenters. The number of nitrogens with zero attached hydrogens (tertiary/aromatic N) is 3. The van der Waals surface area contributed by atoms with Gasteiger partial charge in [-0.2, -0.15) is 10.5 Å². The summed E-state index contributed by atoms with van der Waals surface area (Å²) in [6.07, 6.45) is 0. The third-order valence-electron chi connectivity index (χ3n) is 16.6. The van der Waals surface area contributed by atoms with Crippen LogP contribution in [0.3, 0.4) is 0 Å². The van der Waals surface area contributed by atoms with Crippen LogP contribution in [0.4, 0.5) is 0 Å². The molecule has 2 bridgehead atoms. The number of aromatic nitrogens is 1. The van der Waals surface area contributed by atoms with Crippen molar-refractivity contribution in [3.05, 3.63) is 230 Å². The van der Waals surface area contributed by atoms with E-state index in [1.165, 1.54) is 88.1 Å². The fourth-order valence-electron chi connectivity index (χ4n) is 14.7. The third kappa shape index (κ3) is 3.10. The average molecular weight is 796 g/mol. The lowest BCUT2D eigenvalue weighted by atomic mass is 9.43. The predicted molar refractivity (Wildman–Crippen MR) is 247 cm³/mol. The van der Waals surface area contributed by atoms with Gasteiger partial charge in [0.2, 0.25) is 0 Å². The Balaban J connectivity index is 1.13. The van der Waals surface area contributed by atoms with Crippen LogP contribution in [0, 0.1) is 22.7 Å². The molecule has 286 valence electrons. The summed E-state index contributed by atoms with van der Waals surface area (Å²) in [6.45, 7) is 0. The fraction of sp³-hybridized carbons (Fsp3) is 0.0847. The van der Waals surface area contributed by atoms with Crippen molar-refractivity contribution in [2.24, 2.45) is 0 Å². The Labute approximate surface area is 359 Å². The molecule has 3 atom stereocenters. The van der Waals surface area contributed by atoms with Gasteiger partial charge in [-0.1, -0.05) is 127 Å². The van der Waals surface area contributed by atoms with Crippen molar-refractivity contribution in [2.75, 3.05) is 0 Å². The van der Waals surface area contributed by atoms with E-state index < -0.39 is 0 Å². The Bertz CT molecular complexity index is 4290. The van der Waals surface area contributed by atoms with E-state index in [1.807, 2.05) is 0 Å². The number of benzene rings is 9. The number of nitriles is 2. The second-order valence-electron chi connectivity index (χ2n) is 18.7. The Morgan fingerprint density at radius 3 is 1.68 bits per heavy atom. The zero-order valence-corrected chi connectivity index (χ0v) is 33.5. The van der Waals surface area contributed by atoms with Crippen LogP contribution in [0.5, 0.6) is 0 Å². The zero-order valence-electron chi connectivity index (χ0n) is 33.5. The van der Waals surface area contributed by atoms with Gasteiger partial charge >= 0.3 is 0 Å². The lowest BCUT2D eigenvalue weighted by molar-refractivity contribution is 0.333. The van der Waals surface area contributed by atoms with Gasteiger partial charge in [-0.05, 0) is 102 Å². The van der Waals surface area contributed by atoms with Gasteiger partial charge in [-0.3, -0.25) is 0 Å². The van der Waals surface area contributed by atoms with Crippen molar-refractivity contribution in [1.82, 2.24) is 4.40 Å². The molecule has 3 aromatic heterocycles. The van der Waals surface area contributed by atoms with Gasteiger partial charge in [-0.25, -0.2) is 0 Å².